The fourth-order valence-electron chi connectivity index (χ4n) is 3.54. The zero-order chi connectivity index (χ0) is 20.6. The zero-order valence-corrected chi connectivity index (χ0v) is 16.2. The number of rotatable bonds is 4. The van der Waals surface area contributed by atoms with Gasteiger partial charge in [0.2, 0.25) is 5.95 Å². The van der Waals surface area contributed by atoms with E-state index in [2.05, 4.69) is 4.98 Å². The van der Waals surface area contributed by atoms with Crippen LogP contribution in [0, 0.1) is 5.92 Å². The Bertz CT molecular complexity index is 793. The second-order valence-electron chi connectivity index (χ2n) is 7.63. The molecule has 1 aromatic rings. The summed E-state index contributed by atoms with van der Waals surface area (Å²) in [7, 11) is 0. The highest BCUT2D eigenvalue weighted by molar-refractivity contribution is 5.84. The molecule has 0 N–H and O–H groups in total. The molecule has 1 fully saturated rings. The molecule has 0 spiro atoms. The van der Waals surface area contributed by atoms with Crippen LogP contribution in [0.1, 0.15) is 33.2 Å². The molecule has 2 unspecified atom stereocenters. The third kappa shape index (κ3) is 4.01. The third-order valence-corrected chi connectivity index (χ3v) is 5.22. The van der Waals surface area contributed by atoms with Gasteiger partial charge in [0, 0.05) is 25.1 Å². The lowest BCUT2D eigenvalue weighted by Crippen LogP contribution is -2.49. The van der Waals surface area contributed by atoms with E-state index in [1.807, 2.05) is 11.8 Å². The van der Waals surface area contributed by atoms with E-state index in [9.17, 15) is 22.8 Å². The second kappa shape index (κ2) is 7.73. The highest BCUT2D eigenvalue weighted by atomic mass is 19.4. The van der Waals surface area contributed by atoms with Crippen LogP contribution in [0.3, 0.4) is 0 Å². The maximum absolute atomic E-state index is 13.5. The molecule has 0 amide bonds. The quantitative estimate of drug-likeness (QED) is 0.768. The molecule has 2 aliphatic heterocycles. The van der Waals surface area contributed by atoms with E-state index in [-0.39, 0.29) is 43.2 Å². The summed E-state index contributed by atoms with van der Waals surface area (Å²) in [5.74, 6) is -0.153. The SMILES string of the molecule is CC(C)C(=O)CN1CCC(C(F)(F)F)n2c1nc(N1CCOCC1C)cc2=O. The van der Waals surface area contributed by atoms with Crippen molar-refractivity contribution in [2.24, 2.45) is 5.92 Å². The minimum Gasteiger partial charge on any atom is -0.377 e. The molecule has 2 aliphatic rings. The van der Waals surface area contributed by atoms with Crippen molar-refractivity contribution in [3.05, 3.63) is 16.4 Å². The Balaban J connectivity index is 2.07. The minimum absolute atomic E-state index is 0.0111. The number of alkyl halides is 3. The molecule has 28 heavy (non-hydrogen) atoms. The van der Waals surface area contributed by atoms with Gasteiger partial charge >= 0.3 is 6.18 Å². The van der Waals surface area contributed by atoms with Gasteiger partial charge in [-0.05, 0) is 13.3 Å². The second-order valence-corrected chi connectivity index (χ2v) is 7.63. The first-order valence-electron chi connectivity index (χ1n) is 9.42. The number of ketones is 1. The van der Waals surface area contributed by atoms with E-state index in [0.717, 1.165) is 6.07 Å². The Kier molecular flexibility index (Phi) is 5.69. The van der Waals surface area contributed by atoms with Crippen LogP contribution >= 0.6 is 0 Å². The monoisotopic (exact) mass is 402 g/mol. The minimum atomic E-state index is -4.57. The number of morpholine rings is 1. The Morgan fingerprint density at radius 3 is 2.68 bits per heavy atom. The number of ether oxygens (including phenoxy) is 1. The maximum atomic E-state index is 13.5. The van der Waals surface area contributed by atoms with Crippen LogP contribution in [0.5, 0.6) is 0 Å². The molecule has 0 aliphatic carbocycles. The number of anilines is 2. The van der Waals surface area contributed by atoms with Crippen LogP contribution in [-0.2, 0) is 9.53 Å². The average molecular weight is 402 g/mol. The van der Waals surface area contributed by atoms with Crippen molar-refractivity contribution in [1.82, 2.24) is 9.55 Å². The fourth-order valence-corrected chi connectivity index (χ4v) is 3.54. The summed E-state index contributed by atoms with van der Waals surface area (Å²) in [4.78, 5) is 32.7. The molecule has 1 saturated heterocycles. The molecule has 156 valence electrons. The van der Waals surface area contributed by atoms with E-state index in [4.69, 9.17) is 4.74 Å². The van der Waals surface area contributed by atoms with E-state index in [1.54, 1.807) is 13.8 Å². The maximum Gasteiger partial charge on any atom is 0.409 e. The van der Waals surface area contributed by atoms with Crippen molar-refractivity contribution in [3.63, 3.8) is 0 Å². The third-order valence-electron chi connectivity index (χ3n) is 5.22. The van der Waals surface area contributed by atoms with Gasteiger partial charge < -0.3 is 14.5 Å². The number of nitrogens with zero attached hydrogens (tertiary/aromatic N) is 4. The van der Waals surface area contributed by atoms with Crippen molar-refractivity contribution in [2.45, 2.75) is 45.5 Å². The number of fused-ring (bicyclic) bond motifs is 1. The Morgan fingerprint density at radius 1 is 1.36 bits per heavy atom. The molecule has 0 saturated carbocycles. The van der Waals surface area contributed by atoms with Gasteiger partial charge in [-0.3, -0.25) is 14.2 Å². The standard InChI is InChI=1S/C18H25F3N4O3/c1-11(2)13(26)9-23-5-4-14(18(19,20)21)25-16(27)8-15(22-17(23)25)24-6-7-28-10-12(24)3/h8,11-12,14H,4-7,9-10H2,1-3H3. The van der Waals surface area contributed by atoms with Gasteiger partial charge in [-0.15, -0.1) is 0 Å². The summed E-state index contributed by atoms with van der Waals surface area (Å²) in [6, 6.07) is -0.849. The largest absolute Gasteiger partial charge is 0.409 e. The summed E-state index contributed by atoms with van der Waals surface area (Å²) < 4.78 is 46.7. The van der Waals surface area contributed by atoms with Gasteiger partial charge in [0.05, 0.1) is 25.8 Å². The number of carbonyl (C=O) groups is 1. The summed E-state index contributed by atoms with van der Waals surface area (Å²) in [5, 5.41) is 0. The van der Waals surface area contributed by atoms with Crippen molar-refractivity contribution >= 4 is 17.5 Å². The molecule has 0 bridgehead atoms. The number of hydrogen-bond donors (Lipinski definition) is 0. The van der Waals surface area contributed by atoms with Crippen LogP contribution < -0.4 is 15.4 Å². The Morgan fingerprint density at radius 2 is 2.07 bits per heavy atom. The molecule has 1 aromatic heterocycles. The molecule has 0 radical (unpaired) electrons. The molecule has 3 heterocycles. The predicted molar refractivity (Wildman–Crippen MR) is 97.9 cm³/mol. The first-order chi connectivity index (χ1) is 13.1. The van der Waals surface area contributed by atoms with Gasteiger partial charge in [0.15, 0.2) is 5.78 Å². The molecule has 7 nitrogen and oxygen atoms in total. The van der Waals surface area contributed by atoms with Gasteiger partial charge in [0.25, 0.3) is 5.56 Å². The number of hydrogen-bond acceptors (Lipinski definition) is 6. The van der Waals surface area contributed by atoms with Gasteiger partial charge in [-0.2, -0.15) is 18.2 Å². The van der Waals surface area contributed by atoms with E-state index in [1.165, 1.54) is 4.90 Å². The topological polar surface area (TPSA) is 67.7 Å². The molecule has 0 aromatic carbocycles. The Labute approximate surface area is 161 Å². The van der Waals surface area contributed by atoms with Gasteiger partial charge in [-0.25, -0.2) is 0 Å². The van der Waals surface area contributed by atoms with Crippen molar-refractivity contribution < 1.29 is 22.7 Å². The van der Waals surface area contributed by atoms with Gasteiger partial charge in [0.1, 0.15) is 11.9 Å². The van der Waals surface area contributed by atoms with Gasteiger partial charge in [-0.1, -0.05) is 13.8 Å². The summed E-state index contributed by atoms with van der Waals surface area (Å²) in [5.41, 5.74) is -0.761. The lowest BCUT2D eigenvalue weighted by atomic mass is 10.1. The van der Waals surface area contributed by atoms with Crippen LogP contribution in [0.2, 0.25) is 0 Å². The number of carbonyl (C=O) groups excluding carboxylic acids is 1. The highest BCUT2D eigenvalue weighted by Gasteiger charge is 2.46. The van der Waals surface area contributed by atoms with E-state index >= 15 is 0 Å². The first-order valence-corrected chi connectivity index (χ1v) is 9.42. The predicted octanol–water partition coefficient (Wildman–Crippen LogP) is 2.01. The zero-order valence-electron chi connectivity index (χ0n) is 16.2. The Hall–Kier alpha value is -2.10. The van der Waals surface area contributed by atoms with Crippen molar-refractivity contribution in [2.75, 3.05) is 42.6 Å². The lowest BCUT2D eigenvalue weighted by molar-refractivity contribution is -0.170. The molecule has 3 rings (SSSR count). The van der Waals surface area contributed by atoms with Crippen molar-refractivity contribution in [1.29, 1.82) is 0 Å². The summed E-state index contributed by atoms with van der Waals surface area (Å²) in [6.45, 7) is 6.69. The smallest absolute Gasteiger partial charge is 0.377 e. The van der Waals surface area contributed by atoms with E-state index < -0.39 is 17.8 Å². The average Bonchev–Trinajstić information content (AvgIpc) is 2.61. The number of halogens is 3. The molecular weight excluding hydrogens is 377 g/mol. The normalized spacial score (nSPS) is 23.1. The van der Waals surface area contributed by atoms with E-state index in [0.29, 0.717) is 30.1 Å². The summed E-state index contributed by atoms with van der Waals surface area (Å²) >= 11 is 0. The lowest BCUT2D eigenvalue weighted by Gasteiger charge is -2.38. The highest BCUT2D eigenvalue weighted by Crippen LogP contribution is 2.38. The molecular formula is C18H25F3N4O3. The van der Waals surface area contributed by atoms with Crippen LogP contribution in [-0.4, -0.2) is 60.4 Å². The molecule has 10 heteroatoms. The summed E-state index contributed by atoms with van der Waals surface area (Å²) in [6.07, 6.45) is -4.86. The van der Waals surface area contributed by atoms with Crippen molar-refractivity contribution in [3.8, 4) is 0 Å². The van der Waals surface area contributed by atoms with Crippen LogP contribution in [0.25, 0.3) is 0 Å². The van der Waals surface area contributed by atoms with Crippen LogP contribution in [0.4, 0.5) is 24.9 Å². The molecule has 2 atom stereocenters. The first kappa shape index (κ1) is 20.6. The number of aromatic nitrogens is 2. The number of Topliss-reactive ketones (excluding diaryl/α,β-unsaturated/α-hetero) is 1. The van der Waals surface area contributed by atoms with Crippen LogP contribution in [0.15, 0.2) is 10.9 Å². The fraction of sp³-hybridized carbons (Fsp3) is 0.722.